The minimum absolute atomic E-state index is 0.679. The zero-order valence-corrected chi connectivity index (χ0v) is 12.2. The van der Waals surface area contributed by atoms with Crippen LogP contribution >= 0.6 is 0 Å². The summed E-state index contributed by atoms with van der Waals surface area (Å²) < 4.78 is 5.87. The summed E-state index contributed by atoms with van der Waals surface area (Å²) in [5.74, 6) is 1.01. The van der Waals surface area contributed by atoms with E-state index in [-0.39, 0.29) is 0 Å². The van der Waals surface area contributed by atoms with Gasteiger partial charge in [-0.3, -0.25) is 4.90 Å². The molecule has 1 atom stereocenters. The molecule has 1 heterocycles. The summed E-state index contributed by atoms with van der Waals surface area (Å²) in [6.07, 6.45) is 2.64. The largest absolute Gasteiger partial charge is 0.492 e. The van der Waals surface area contributed by atoms with Gasteiger partial charge in [-0.05, 0) is 44.5 Å². The van der Waals surface area contributed by atoms with Crippen LogP contribution in [0.1, 0.15) is 25.3 Å². The van der Waals surface area contributed by atoms with Crippen molar-refractivity contribution in [2.75, 3.05) is 32.8 Å². The van der Waals surface area contributed by atoms with Crippen LogP contribution in [0.3, 0.4) is 0 Å². The molecule has 1 saturated heterocycles. The summed E-state index contributed by atoms with van der Waals surface area (Å²) >= 11 is 0. The molecule has 0 spiro atoms. The highest BCUT2D eigenvalue weighted by molar-refractivity contribution is 5.31. The molecule has 1 aromatic carbocycles. The maximum atomic E-state index is 5.87. The number of hydrogen-bond donors (Lipinski definition) is 1. The molecule has 1 fully saturated rings. The standard InChI is InChI=1S/C16H26N2O/c1-3-18(13-15-8-6-10-17-15)11-12-19-16-9-5-4-7-14(16)2/h4-5,7,9,15,17H,3,6,8,10-13H2,1-2H3. The lowest BCUT2D eigenvalue weighted by atomic mass is 10.2. The van der Waals surface area contributed by atoms with E-state index in [1.165, 1.54) is 24.9 Å². The minimum Gasteiger partial charge on any atom is -0.492 e. The van der Waals surface area contributed by atoms with Crippen LogP contribution in [-0.4, -0.2) is 43.7 Å². The quantitative estimate of drug-likeness (QED) is 0.817. The molecule has 1 N–H and O–H groups in total. The molecule has 106 valence electrons. The normalized spacial score (nSPS) is 19.0. The zero-order valence-electron chi connectivity index (χ0n) is 12.2. The SMILES string of the molecule is CCN(CCOc1ccccc1C)CC1CCCN1. The summed E-state index contributed by atoms with van der Waals surface area (Å²) in [4.78, 5) is 2.47. The average Bonchev–Trinajstić information content (AvgIpc) is 2.92. The van der Waals surface area contributed by atoms with Gasteiger partial charge < -0.3 is 10.1 Å². The Morgan fingerprint density at radius 3 is 2.89 bits per heavy atom. The third kappa shape index (κ3) is 4.51. The topological polar surface area (TPSA) is 24.5 Å². The Labute approximate surface area is 116 Å². The van der Waals surface area contributed by atoms with E-state index in [2.05, 4.69) is 30.1 Å². The molecule has 1 aliphatic rings. The molecular formula is C16H26N2O. The van der Waals surface area contributed by atoms with Crippen LogP contribution in [0.5, 0.6) is 5.75 Å². The predicted molar refractivity (Wildman–Crippen MR) is 79.8 cm³/mol. The Morgan fingerprint density at radius 2 is 2.21 bits per heavy atom. The number of likely N-dealkylation sites (N-methyl/N-ethyl adjacent to an activating group) is 1. The molecule has 0 aliphatic carbocycles. The maximum absolute atomic E-state index is 5.87. The van der Waals surface area contributed by atoms with Crippen LogP contribution in [0.2, 0.25) is 0 Å². The molecule has 19 heavy (non-hydrogen) atoms. The molecule has 2 rings (SSSR count). The van der Waals surface area contributed by atoms with Gasteiger partial charge in [-0.1, -0.05) is 25.1 Å². The van der Waals surface area contributed by atoms with Crippen LogP contribution in [0.15, 0.2) is 24.3 Å². The zero-order chi connectivity index (χ0) is 13.5. The molecule has 0 saturated carbocycles. The first-order chi connectivity index (χ1) is 9.29. The Balaban J connectivity index is 1.72. The van der Waals surface area contributed by atoms with Crippen molar-refractivity contribution in [1.82, 2.24) is 10.2 Å². The van der Waals surface area contributed by atoms with E-state index in [1.807, 2.05) is 18.2 Å². The van der Waals surface area contributed by atoms with E-state index in [1.54, 1.807) is 0 Å². The van der Waals surface area contributed by atoms with E-state index >= 15 is 0 Å². The van der Waals surface area contributed by atoms with Gasteiger partial charge in [-0.25, -0.2) is 0 Å². The fraction of sp³-hybridized carbons (Fsp3) is 0.625. The summed E-state index contributed by atoms with van der Waals surface area (Å²) in [6.45, 7) is 9.51. The second kappa shape index (κ2) is 7.51. The molecule has 3 nitrogen and oxygen atoms in total. The maximum Gasteiger partial charge on any atom is 0.122 e. The van der Waals surface area contributed by atoms with Crippen molar-refractivity contribution in [1.29, 1.82) is 0 Å². The van der Waals surface area contributed by atoms with E-state index in [0.717, 1.165) is 32.0 Å². The summed E-state index contributed by atoms with van der Waals surface area (Å²) in [5, 5.41) is 3.56. The van der Waals surface area contributed by atoms with Gasteiger partial charge in [0.15, 0.2) is 0 Å². The number of hydrogen-bond acceptors (Lipinski definition) is 3. The molecule has 0 aromatic heterocycles. The number of aryl methyl sites for hydroxylation is 1. The van der Waals surface area contributed by atoms with Crippen LogP contribution < -0.4 is 10.1 Å². The Bertz CT molecular complexity index is 375. The van der Waals surface area contributed by atoms with Crippen molar-refractivity contribution < 1.29 is 4.74 Å². The molecule has 0 amide bonds. The van der Waals surface area contributed by atoms with Crippen molar-refractivity contribution in [2.45, 2.75) is 32.7 Å². The van der Waals surface area contributed by atoms with Crippen molar-refractivity contribution in [3.8, 4) is 5.75 Å². The Kier molecular flexibility index (Phi) is 5.67. The van der Waals surface area contributed by atoms with Gasteiger partial charge in [0.2, 0.25) is 0 Å². The predicted octanol–water partition coefficient (Wildman–Crippen LogP) is 2.45. The monoisotopic (exact) mass is 262 g/mol. The molecular weight excluding hydrogens is 236 g/mol. The average molecular weight is 262 g/mol. The third-order valence-corrected chi connectivity index (χ3v) is 3.85. The van der Waals surface area contributed by atoms with Gasteiger partial charge in [0.25, 0.3) is 0 Å². The Hall–Kier alpha value is -1.06. The molecule has 1 unspecified atom stereocenters. The van der Waals surface area contributed by atoms with Gasteiger partial charge in [0.05, 0.1) is 0 Å². The van der Waals surface area contributed by atoms with Crippen molar-refractivity contribution in [3.05, 3.63) is 29.8 Å². The van der Waals surface area contributed by atoms with Gasteiger partial charge in [0, 0.05) is 19.1 Å². The number of para-hydroxylation sites is 1. The number of nitrogens with one attached hydrogen (secondary N) is 1. The smallest absolute Gasteiger partial charge is 0.122 e. The first-order valence-corrected chi connectivity index (χ1v) is 7.43. The highest BCUT2D eigenvalue weighted by atomic mass is 16.5. The van der Waals surface area contributed by atoms with E-state index in [9.17, 15) is 0 Å². The van der Waals surface area contributed by atoms with Crippen LogP contribution in [0, 0.1) is 6.92 Å². The molecule has 3 heteroatoms. The lowest BCUT2D eigenvalue weighted by Crippen LogP contribution is -2.39. The first kappa shape index (κ1) is 14.4. The second-order valence-corrected chi connectivity index (χ2v) is 5.30. The molecule has 1 aromatic rings. The fourth-order valence-corrected chi connectivity index (χ4v) is 2.61. The van der Waals surface area contributed by atoms with Crippen molar-refractivity contribution in [3.63, 3.8) is 0 Å². The molecule has 0 bridgehead atoms. The Morgan fingerprint density at radius 1 is 1.37 bits per heavy atom. The lowest BCUT2D eigenvalue weighted by molar-refractivity contribution is 0.202. The fourth-order valence-electron chi connectivity index (χ4n) is 2.61. The molecule has 1 aliphatic heterocycles. The van der Waals surface area contributed by atoms with Crippen LogP contribution in [0.4, 0.5) is 0 Å². The second-order valence-electron chi connectivity index (χ2n) is 5.30. The lowest BCUT2D eigenvalue weighted by Gasteiger charge is -2.24. The first-order valence-electron chi connectivity index (χ1n) is 7.43. The number of ether oxygens (including phenoxy) is 1. The number of benzene rings is 1. The third-order valence-electron chi connectivity index (χ3n) is 3.85. The minimum atomic E-state index is 0.679. The van der Waals surface area contributed by atoms with E-state index < -0.39 is 0 Å². The number of rotatable bonds is 7. The van der Waals surface area contributed by atoms with Gasteiger partial charge >= 0.3 is 0 Å². The van der Waals surface area contributed by atoms with Gasteiger partial charge in [-0.15, -0.1) is 0 Å². The highest BCUT2D eigenvalue weighted by Gasteiger charge is 2.16. The molecule has 0 radical (unpaired) electrons. The van der Waals surface area contributed by atoms with E-state index in [4.69, 9.17) is 4.74 Å². The van der Waals surface area contributed by atoms with Gasteiger partial charge in [0.1, 0.15) is 12.4 Å². The van der Waals surface area contributed by atoms with E-state index in [0.29, 0.717) is 6.04 Å². The highest BCUT2D eigenvalue weighted by Crippen LogP contribution is 2.16. The van der Waals surface area contributed by atoms with Crippen LogP contribution in [0.25, 0.3) is 0 Å². The van der Waals surface area contributed by atoms with Gasteiger partial charge in [-0.2, -0.15) is 0 Å². The van der Waals surface area contributed by atoms with Crippen LogP contribution in [-0.2, 0) is 0 Å². The number of nitrogens with zero attached hydrogens (tertiary/aromatic N) is 1. The van der Waals surface area contributed by atoms with Crippen molar-refractivity contribution >= 4 is 0 Å². The summed E-state index contributed by atoms with van der Waals surface area (Å²) in [7, 11) is 0. The van der Waals surface area contributed by atoms with Crippen molar-refractivity contribution in [2.24, 2.45) is 0 Å². The summed E-state index contributed by atoms with van der Waals surface area (Å²) in [6, 6.07) is 8.90. The summed E-state index contributed by atoms with van der Waals surface area (Å²) in [5.41, 5.74) is 1.21.